The number of carbonyl (C=O) groups excluding carboxylic acids is 1. The average Bonchev–Trinajstić information content (AvgIpc) is 3.22. The first-order valence-corrected chi connectivity index (χ1v) is 10.0. The Morgan fingerprint density at radius 3 is 2.48 bits per heavy atom. The highest BCUT2D eigenvalue weighted by Gasteiger charge is 2.26. The van der Waals surface area contributed by atoms with Crippen molar-refractivity contribution in [2.75, 3.05) is 25.1 Å². The van der Waals surface area contributed by atoms with Gasteiger partial charge in [0.05, 0.1) is 7.11 Å². The molecule has 4 rings (SSSR count). The topological polar surface area (TPSA) is 98.5 Å². The van der Waals surface area contributed by atoms with Crippen molar-refractivity contribution in [2.45, 2.75) is 19.5 Å². The number of rotatable bonds is 7. The molecule has 0 fully saturated rings. The van der Waals surface area contributed by atoms with Crippen LogP contribution >= 0.6 is 0 Å². The summed E-state index contributed by atoms with van der Waals surface area (Å²) >= 11 is 0. The number of anilines is 2. The van der Waals surface area contributed by atoms with E-state index in [9.17, 15) is 14.4 Å². The summed E-state index contributed by atoms with van der Waals surface area (Å²) in [5.74, 6) is 0.682. The van der Waals surface area contributed by atoms with Gasteiger partial charge >= 0.3 is 11.1 Å². The molecular formula is C22H23N5O4. The van der Waals surface area contributed by atoms with Crippen molar-refractivity contribution in [3.63, 3.8) is 0 Å². The van der Waals surface area contributed by atoms with Crippen molar-refractivity contribution in [2.24, 2.45) is 0 Å². The van der Waals surface area contributed by atoms with Crippen molar-refractivity contribution in [3.05, 3.63) is 80.9 Å². The molecule has 1 aliphatic rings. The molecule has 31 heavy (non-hydrogen) atoms. The van der Waals surface area contributed by atoms with Gasteiger partial charge in [-0.05, 0) is 36.2 Å². The summed E-state index contributed by atoms with van der Waals surface area (Å²) in [4.78, 5) is 39.2. The Labute approximate surface area is 178 Å². The van der Waals surface area contributed by atoms with Gasteiger partial charge in [-0.25, -0.2) is 4.68 Å². The summed E-state index contributed by atoms with van der Waals surface area (Å²) in [7, 11) is 1.59. The molecule has 1 aromatic heterocycles. The largest absolute Gasteiger partial charge is 0.497 e. The fraction of sp³-hybridized carbons (Fsp3) is 0.273. The first-order chi connectivity index (χ1) is 15.1. The number of carbonyl (C=O) groups is 1. The predicted molar refractivity (Wildman–Crippen MR) is 116 cm³/mol. The first kappa shape index (κ1) is 20.4. The molecule has 0 unspecified atom stereocenters. The highest BCUT2D eigenvalue weighted by Crippen LogP contribution is 2.27. The van der Waals surface area contributed by atoms with Crippen LogP contribution in [0.3, 0.4) is 0 Å². The van der Waals surface area contributed by atoms with Gasteiger partial charge in [-0.1, -0.05) is 30.3 Å². The van der Waals surface area contributed by atoms with E-state index in [0.29, 0.717) is 37.8 Å². The van der Waals surface area contributed by atoms with Crippen molar-refractivity contribution < 1.29 is 9.53 Å². The minimum absolute atomic E-state index is 0.312. The zero-order valence-electron chi connectivity index (χ0n) is 17.2. The number of aromatic nitrogens is 3. The smallest absolute Gasteiger partial charge is 0.333 e. The molecular weight excluding hydrogens is 398 g/mol. The zero-order valence-corrected chi connectivity index (χ0v) is 17.2. The molecule has 9 nitrogen and oxygen atoms in total. The van der Waals surface area contributed by atoms with E-state index in [-0.39, 0.29) is 12.5 Å². The Hall–Kier alpha value is -3.88. The Balaban J connectivity index is 1.50. The Kier molecular flexibility index (Phi) is 5.83. The molecule has 0 spiro atoms. The normalized spacial score (nSPS) is 12.5. The average molecular weight is 421 g/mol. The molecule has 2 aromatic carbocycles. The number of benzene rings is 2. The molecule has 1 N–H and O–H groups in total. The maximum atomic E-state index is 12.6. The third-order valence-corrected chi connectivity index (χ3v) is 5.16. The van der Waals surface area contributed by atoms with Crippen LogP contribution in [0.25, 0.3) is 0 Å². The molecule has 0 bridgehead atoms. The molecule has 2 heterocycles. The maximum absolute atomic E-state index is 12.6. The van der Waals surface area contributed by atoms with Crippen LogP contribution in [0.5, 0.6) is 5.75 Å². The number of hydrogen-bond acceptors (Lipinski definition) is 6. The van der Waals surface area contributed by atoms with Crippen molar-refractivity contribution in [1.29, 1.82) is 0 Å². The van der Waals surface area contributed by atoms with Crippen LogP contribution in [0, 0.1) is 0 Å². The van der Waals surface area contributed by atoms with E-state index in [2.05, 4.69) is 10.4 Å². The Bertz CT molecular complexity index is 1190. The van der Waals surface area contributed by atoms with Gasteiger partial charge in [0.1, 0.15) is 12.3 Å². The third kappa shape index (κ3) is 4.35. The molecule has 3 aromatic rings. The number of fused-ring (bicyclic) bond motifs is 1. The summed E-state index contributed by atoms with van der Waals surface area (Å²) in [6, 6.07) is 17.1. The minimum Gasteiger partial charge on any atom is -0.497 e. The van der Waals surface area contributed by atoms with E-state index in [1.165, 1.54) is 4.57 Å². The van der Waals surface area contributed by atoms with Crippen LogP contribution in [0.4, 0.5) is 11.6 Å². The van der Waals surface area contributed by atoms with Crippen LogP contribution in [0.1, 0.15) is 5.56 Å². The number of nitrogens with one attached hydrogen (secondary N) is 1. The predicted octanol–water partition coefficient (Wildman–Crippen LogP) is 0.924. The van der Waals surface area contributed by atoms with Gasteiger partial charge in [0.2, 0.25) is 11.9 Å². The number of ether oxygens (including phenoxy) is 1. The molecule has 0 saturated carbocycles. The van der Waals surface area contributed by atoms with Crippen LogP contribution < -0.4 is 26.1 Å². The van der Waals surface area contributed by atoms with E-state index >= 15 is 0 Å². The Morgan fingerprint density at radius 2 is 1.77 bits per heavy atom. The van der Waals surface area contributed by atoms with Gasteiger partial charge in [-0.2, -0.15) is 0 Å². The number of nitrogens with zero attached hydrogens (tertiary/aromatic N) is 4. The summed E-state index contributed by atoms with van der Waals surface area (Å²) in [6.45, 7) is 0.973. The fourth-order valence-electron chi connectivity index (χ4n) is 3.52. The summed E-state index contributed by atoms with van der Waals surface area (Å²) in [6.07, 6.45) is 0.674. The number of amides is 1. The molecule has 9 heteroatoms. The van der Waals surface area contributed by atoms with Crippen LogP contribution in [-0.4, -0.2) is 40.5 Å². The van der Waals surface area contributed by atoms with E-state index in [0.717, 1.165) is 15.9 Å². The van der Waals surface area contributed by atoms with Gasteiger partial charge in [0, 0.05) is 25.3 Å². The van der Waals surface area contributed by atoms with Crippen LogP contribution in [-0.2, 0) is 24.3 Å². The van der Waals surface area contributed by atoms with Crippen molar-refractivity contribution in [1.82, 2.24) is 19.7 Å². The second-order valence-corrected chi connectivity index (χ2v) is 7.15. The number of hydrogen-bond donors (Lipinski definition) is 1. The highest BCUT2D eigenvalue weighted by molar-refractivity contribution is 5.75. The highest BCUT2D eigenvalue weighted by atomic mass is 16.5. The van der Waals surface area contributed by atoms with Crippen molar-refractivity contribution in [3.8, 4) is 5.75 Å². The zero-order chi connectivity index (χ0) is 21.8. The van der Waals surface area contributed by atoms with Gasteiger partial charge in [0.25, 0.3) is 0 Å². The van der Waals surface area contributed by atoms with E-state index < -0.39 is 11.1 Å². The third-order valence-electron chi connectivity index (χ3n) is 5.16. The standard InChI is InChI=1S/C22H23N5O4/c1-31-18-9-7-17(8-10-18)25-13-14-26-20(29)21(30)27(24-22(25)26)15-19(28)23-12-11-16-5-3-2-4-6-16/h2-10H,11-15H2,1H3,(H,23,28). The lowest BCUT2D eigenvalue weighted by Gasteiger charge is -2.18. The lowest BCUT2D eigenvalue weighted by atomic mass is 10.1. The molecule has 0 saturated heterocycles. The summed E-state index contributed by atoms with van der Waals surface area (Å²) in [5, 5.41) is 7.10. The summed E-state index contributed by atoms with van der Waals surface area (Å²) < 4.78 is 7.46. The Morgan fingerprint density at radius 1 is 1.03 bits per heavy atom. The van der Waals surface area contributed by atoms with E-state index in [4.69, 9.17) is 4.74 Å². The minimum atomic E-state index is -0.807. The lowest BCUT2D eigenvalue weighted by molar-refractivity contribution is -0.121. The second-order valence-electron chi connectivity index (χ2n) is 7.15. The molecule has 0 atom stereocenters. The molecule has 0 aliphatic carbocycles. The van der Waals surface area contributed by atoms with Crippen LogP contribution in [0.15, 0.2) is 64.2 Å². The molecule has 1 aliphatic heterocycles. The quantitative estimate of drug-likeness (QED) is 0.570. The summed E-state index contributed by atoms with van der Waals surface area (Å²) in [5.41, 5.74) is 0.428. The second kappa shape index (κ2) is 8.86. The molecule has 160 valence electrons. The van der Waals surface area contributed by atoms with E-state index in [1.807, 2.05) is 59.5 Å². The maximum Gasteiger partial charge on any atom is 0.333 e. The number of methoxy groups -OCH3 is 1. The van der Waals surface area contributed by atoms with Gasteiger partial charge < -0.3 is 15.0 Å². The van der Waals surface area contributed by atoms with E-state index in [1.54, 1.807) is 7.11 Å². The van der Waals surface area contributed by atoms with Crippen LogP contribution in [0.2, 0.25) is 0 Å². The fourth-order valence-corrected chi connectivity index (χ4v) is 3.52. The molecule has 1 amide bonds. The van der Waals surface area contributed by atoms with Gasteiger partial charge in [-0.3, -0.25) is 19.0 Å². The van der Waals surface area contributed by atoms with Gasteiger partial charge in [0.15, 0.2) is 0 Å². The monoisotopic (exact) mass is 421 g/mol. The van der Waals surface area contributed by atoms with Crippen molar-refractivity contribution >= 4 is 17.5 Å². The lowest BCUT2D eigenvalue weighted by Crippen LogP contribution is -2.45. The first-order valence-electron chi connectivity index (χ1n) is 10.0. The van der Waals surface area contributed by atoms with Gasteiger partial charge in [-0.15, -0.1) is 5.10 Å². The SMILES string of the molecule is COc1ccc(N2CCn3c2nn(CC(=O)NCCc2ccccc2)c(=O)c3=O)cc1. The molecule has 0 radical (unpaired) electrons.